The van der Waals surface area contributed by atoms with E-state index in [-0.39, 0.29) is 12.4 Å². The molecule has 2 N–H and O–H groups in total. The highest BCUT2D eigenvalue weighted by Gasteiger charge is 2.27. The molecule has 0 saturated carbocycles. The maximum absolute atomic E-state index is 10.5. The maximum Gasteiger partial charge on any atom is 0.211 e. The van der Waals surface area contributed by atoms with E-state index in [0.717, 1.165) is 86.2 Å². The van der Waals surface area contributed by atoms with Gasteiger partial charge < -0.3 is 29.6 Å². The minimum atomic E-state index is 0. The van der Waals surface area contributed by atoms with Crippen LogP contribution in [0, 0.1) is 0 Å². The van der Waals surface area contributed by atoms with E-state index in [1.807, 2.05) is 19.2 Å². The van der Waals surface area contributed by atoms with E-state index in [2.05, 4.69) is 94.9 Å². The van der Waals surface area contributed by atoms with Gasteiger partial charge in [-0.15, -0.1) is 12.4 Å². The molecule has 1 amide bonds. The van der Waals surface area contributed by atoms with Gasteiger partial charge in [0, 0.05) is 56.7 Å². The second-order valence-electron chi connectivity index (χ2n) is 13.1. The van der Waals surface area contributed by atoms with Crippen molar-refractivity contribution in [3.63, 3.8) is 0 Å². The van der Waals surface area contributed by atoms with Crippen LogP contribution in [-0.4, -0.2) is 77.9 Å². The largest absolute Gasteiger partial charge is 0.493 e. The number of carbonyl (C=O) groups excluding carboxylic acids is 1. The van der Waals surface area contributed by atoms with Gasteiger partial charge in [-0.3, -0.25) is 14.6 Å². The molecule has 9 nitrogen and oxygen atoms in total. The Morgan fingerprint density at radius 1 is 0.635 bits per heavy atom. The molecule has 0 fully saturated rings. The first-order chi connectivity index (χ1) is 24.8. The fraction of sp³-hybridized carbons (Fsp3) is 0.405. The Kier molecular flexibility index (Phi) is 15.1. The van der Waals surface area contributed by atoms with Crippen molar-refractivity contribution >= 4 is 30.2 Å². The lowest BCUT2D eigenvalue weighted by molar-refractivity contribution is -0.105. The first-order valence-corrected chi connectivity index (χ1v) is 17.9. The number of carbonyl (C=O) groups is 1. The first-order valence-electron chi connectivity index (χ1n) is 17.9. The highest BCUT2D eigenvalue weighted by molar-refractivity contribution is 5.85. The van der Waals surface area contributed by atoms with Gasteiger partial charge in [-0.1, -0.05) is 24.3 Å². The van der Waals surface area contributed by atoms with Crippen LogP contribution in [0.4, 0.5) is 11.4 Å². The molecule has 4 aromatic carbocycles. The fourth-order valence-corrected chi connectivity index (χ4v) is 7.22. The predicted octanol–water partition coefficient (Wildman–Crippen LogP) is 7.76. The number of rotatable bonds is 13. The van der Waals surface area contributed by atoms with E-state index in [1.165, 1.54) is 33.4 Å². The number of ether oxygens (including phenoxy) is 4. The molecule has 0 saturated heterocycles. The third kappa shape index (κ3) is 9.70. The van der Waals surface area contributed by atoms with Crippen LogP contribution in [0.1, 0.15) is 59.3 Å². The van der Waals surface area contributed by atoms with Crippen LogP contribution in [0.2, 0.25) is 0 Å². The summed E-state index contributed by atoms with van der Waals surface area (Å²) in [4.78, 5) is 15.5. The molecule has 2 aliphatic rings. The number of amides is 1. The minimum absolute atomic E-state index is 0. The highest BCUT2D eigenvalue weighted by atomic mass is 35.5. The number of hydrogen-bond acceptors (Lipinski definition) is 8. The highest BCUT2D eigenvalue weighted by Crippen LogP contribution is 2.39. The number of benzene rings is 4. The van der Waals surface area contributed by atoms with Gasteiger partial charge >= 0.3 is 0 Å². The lowest BCUT2D eigenvalue weighted by atomic mass is 9.92. The van der Waals surface area contributed by atoms with Gasteiger partial charge in [0.25, 0.3) is 0 Å². The Labute approximate surface area is 316 Å². The molecular weight excluding hydrogens is 676 g/mol. The zero-order chi connectivity index (χ0) is 36.3. The van der Waals surface area contributed by atoms with Gasteiger partial charge in [0.15, 0.2) is 23.0 Å². The topological polar surface area (TPSA) is 84.5 Å². The van der Waals surface area contributed by atoms with Crippen molar-refractivity contribution in [2.45, 2.75) is 51.6 Å². The Morgan fingerprint density at radius 3 is 1.38 bits per heavy atom. The number of nitrogens with one attached hydrogen (secondary N) is 2. The van der Waals surface area contributed by atoms with E-state index in [1.54, 1.807) is 28.4 Å². The second kappa shape index (κ2) is 19.4. The molecule has 2 heterocycles. The van der Waals surface area contributed by atoms with Crippen molar-refractivity contribution in [2.75, 3.05) is 72.3 Å². The Bertz CT molecular complexity index is 1730. The molecule has 2 atom stereocenters. The third-order valence-electron chi connectivity index (χ3n) is 10.4. The smallest absolute Gasteiger partial charge is 0.211 e. The molecule has 0 spiro atoms. The monoisotopic (exact) mass is 730 g/mol. The van der Waals surface area contributed by atoms with Crippen molar-refractivity contribution in [1.29, 1.82) is 0 Å². The number of methoxy groups -OCH3 is 4. The number of fused-ring (bicyclic) bond motifs is 2. The summed E-state index contributed by atoms with van der Waals surface area (Å²) < 4.78 is 21.8. The van der Waals surface area contributed by atoms with Gasteiger partial charge in [0.1, 0.15) is 0 Å². The molecule has 2 unspecified atom stereocenters. The number of nitrogens with zero attached hydrogens (tertiary/aromatic N) is 2. The molecule has 0 aromatic heterocycles. The summed E-state index contributed by atoms with van der Waals surface area (Å²) in [6, 6.07) is 26.0. The lowest BCUT2D eigenvalue weighted by Gasteiger charge is -2.35. The van der Waals surface area contributed by atoms with Crippen LogP contribution in [0.3, 0.4) is 0 Å². The molecule has 6 rings (SSSR count). The van der Waals surface area contributed by atoms with Crippen LogP contribution in [-0.2, 0) is 30.5 Å². The maximum atomic E-state index is 10.5. The van der Waals surface area contributed by atoms with Gasteiger partial charge in [0.2, 0.25) is 6.41 Å². The molecule has 4 aromatic rings. The van der Waals surface area contributed by atoms with E-state index < -0.39 is 0 Å². The van der Waals surface area contributed by atoms with Gasteiger partial charge in [-0.05, 0) is 121 Å². The molecule has 280 valence electrons. The van der Waals surface area contributed by atoms with Gasteiger partial charge in [-0.25, -0.2) is 0 Å². The van der Waals surface area contributed by atoms with Crippen LogP contribution in [0.25, 0.3) is 0 Å². The number of hydrogen-bond donors (Lipinski definition) is 2. The number of halogens is 1. The van der Waals surface area contributed by atoms with Gasteiger partial charge in [0.05, 0.1) is 28.4 Å². The SMILES string of the molecule is CNc1ccc(CCN2CCc3cc(OC)c(OC)cc3C2C)cc1.COc1cc2c(cc1OC)C(C)N(CCc1ccc(NC=O)cc1)CC2.Cl. The standard InChI is InChI=1S/C21H26N2O3.C21H28N2O2.ClH/c1-15-19-13-21(26-3)20(25-2)12-17(19)9-11-23(15)10-8-16-4-6-18(7-5-16)22-14-24;1-15-19-14-21(25-4)20(24-3)13-17(19)10-12-23(15)11-9-16-5-7-18(22-2)8-6-16;/h4-7,12-15H,8-11H2,1-3H3,(H,22,24);5-8,13-15,22H,9-12H2,1-4H3;1H. The van der Waals surface area contributed by atoms with Crippen molar-refractivity contribution in [2.24, 2.45) is 0 Å². The summed E-state index contributed by atoms with van der Waals surface area (Å²) in [6.07, 6.45) is 4.82. The van der Waals surface area contributed by atoms with E-state index in [0.29, 0.717) is 18.5 Å². The van der Waals surface area contributed by atoms with Crippen molar-refractivity contribution in [1.82, 2.24) is 9.80 Å². The normalized spacial score (nSPS) is 16.5. The molecule has 0 radical (unpaired) electrons. The van der Waals surface area contributed by atoms with E-state index in [4.69, 9.17) is 18.9 Å². The molecule has 0 bridgehead atoms. The summed E-state index contributed by atoms with van der Waals surface area (Å²) in [6.45, 7) is 8.71. The minimum Gasteiger partial charge on any atom is -0.493 e. The molecular formula is C42H55ClN4O5. The third-order valence-corrected chi connectivity index (χ3v) is 10.4. The van der Waals surface area contributed by atoms with E-state index in [9.17, 15) is 4.79 Å². The molecule has 2 aliphatic heterocycles. The summed E-state index contributed by atoms with van der Waals surface area (Å²) in [5.74, 6) is 3.23. The molecule has 0 aliphatic carbocycles. The van der Waals surface area contributed by atoms with Crippen molar-refractivity contribution < 1.29 is 23.7 Å². The van der Waals surface area contributed by atoms with Crippen LogP contribution in [0.5, 0.6) is 23.0 Å². The summed E-state index contributed by atoms with van der Waals surface area (Å²) in [5, 5.41) is 5.83. The van der Waals surface area contributed by atoms with Crippen LogP contribution in [0.15, 0.2) is 72.8 Å². The fourth-order valence-electron chi connectivity index (χ4n) is 7.22. The number of anilines is 2. The quantitative estimate of drug-likeness (QED) is 0.135. The Hall–Kier alpha value is -4.44. The second-order valence-corrected chi connectivity index (χ2v) is 13.1. The summed E-state index contributed by atoms with van der Waals surface area (Å²) >= 11 is 0. The summed E-state index contributed by atoms with van der Waals surface area (Å²) in [5.41, 5.74) is 10.0. The zero-order valence-corrected chi connectivity index (χ0v) is 32.5. The van der Waals surface area contributed by atoms with Gasteiger partial charge in [-0.2, -0.15) is 0 Å². The molecule has 52 heavy (non-hydrogen) atoms. The predicted molar refractivity (Wildman–Crippen MR) is 213 cm³/mol. The lowest BCUT2D eigenvalue weighted by Crippen LogP contribution is -2.35. The average molecular weight is 731 g/mol. The van der Waals surface area contributed by atoms with Crippen molar-refractivity contribution in [3.05, 3.63) is 106 Å². The molecule has 10 heteroatoms. The van der Waals surface area contributed by atoms with E-state index >= 15 is 0 Å². The first kappa shape index (κ1) is 40.3. The Morgan fingerprint density at radius 2 is 1.02 bits per heavy atom. The zero-order valence-electron chi connectivity index (χ0n) is 31.7. The van der Waals surface area contributed by atoms with Crippen LogP contribution < -0.4 is 29.6 Å². The summed E-state index contributed by atoms with van der Waals surface area (Å²) in [7, 11) is 8.70. The van der Waals surface area contributed by atoms with Crippen LogP contribution >= 0.6 is 12.4 Å². The average Bonchev–Trinajstić information content (AvgIpc) is 3.17. The van der Waals surface area contributed by atoms with Crippen molar-refractivity contribution in [3.8, 4) is 23.0 Å². The Balaban J connectivity index is 0.000000228.